The molecule has 0 aliphatic heterocycles. The number of carbonyl (C=O) groups is 1. The van der Waals surface area contributed by atoms with Gasteiger partial charge in [0.15, 0.2) is 0 Å². The SMILES string of the molecule is CCN(CCC#N)C(=O)C(C)(C)OC. The molecule has 0 saturated carbocycles. The molecule has 14 heavy (non-hydrogen) atoms. The Bertz CT molecular complexity index is 231. The molecule has 1 amide bonds. The van der Waals surface area contributed by atoms with Crippen molar-refractivity contribution in [1.29, 1.82) is 5.26 Å². The van der Waals surface area contributed by atoms with E-state index in [9.17, 15) is 4.79 Å². The lowest BCUT2D eigenvalue weighted by atomic mass is 10.1. The lowest BCUT2D eigenvalue weighted by Gasteiger charge is -2.29. The molecule has 0 rings (SSSR count). The Balaban J connectivity index is 4.39. The lowest BCUT2D eigenvalue weighted by Crippen LogP contribution is -2.46. The lowest BCUT2D eigenvalue weighted by molar-refractivity contribution is -0.150. The summed E-state index contributed by atoms with van der Waals surface area (Å²) in [5, 5.41) is 8.43. The van der Waals surface area contributed by atoms with Gasteiger partial charge in [0.1, 0.15) is 5.60 Å². The summed E-state index contributed by atoms with van der Waals surface area (Å²) in [6.45, 7) is 6.42. The van der Waals surface area contributed by atoms with E-state index in [1.807, 2.05) is 13.0 Å². The minimum absolute atomic E-state index is 0.0715. The molecule has 0 N–H and O–H groups in total. The molecule has 0 aromatic heterocycles. The summed E-state index contributed by atoms with van der Waals surface area (Å²) in [4.78, 5) is 13.5. The van der Waals surface area contributed by atoms with Gasteiger partial charge in [-0.25, -0.2) is 0 Å². The summed E-state index contributed by atoms with van der Waals surface area (Å²) in [6, 6.07) is 2.02. The number of carbonyl (C=O) groups excluding carboxylic acids is 1. The minimum atomic E-state index is -0.800. The minimum Gasteiger partial charge on any atom is -0.369 e. The van der Waals surface area contributed by atoms with Gasteiger partial charge in [-0.3, -0.25) is 4.79 Å². The smallest absolute Gasteiger partial charge is 0.254 e. The summed E-state index contributed by atoms with van der Waals surface area (Å²) in [6.07, 6.45) is 0.360. The maximum absolute atomic E-state index is 11.8. The Hall–Kier alpha value is -1.08. The zero-order valence-corrected chi connectivity index (χ0v) is 9.33. The molecule has 0 aromatic carbocycles. The van der Waals surface area contributed by atoms with E-state index in [-0.39, 0.29) is 5.91 Å². The summed E-state index contributed by atoms with van der Waals surface area (Å²) in [7, 11) is 1.51. The average Bonchev–Trinajstić information content (AvgIpc) is 2.18. The van der Waals surface area contributed by atoms with Gasteiger partial charge >= 0.3 is 0 Å². The molecule has 0 spiro atoms. The van der Waals surface area contributed by atoms with E-state index in [1.165, 1.54) is 7.11 Å². The summed E-state index contributed by atoms with van der Waals surface area (Å²) < 4.78 is 5.09. The van der Waals surface area contributed by atoms with Crippen LogP contribution in [0.25, 0.3) is 0 Å². The Morgan fingerprint density at radius 3 is 2.50 bits per heavy atom. The Morgan fingerprint density at radius 2 is 2.14 bits per heavy atom. The largest absolute Gasteiger partial charge is 0.369 e. The number of rotatable bonds is 5. The van der Waals surface area contributed by atoms with Gasteiger partial charge in [0.2, 0.25) is 0 Å². The first-order chi connectivity index (χ1) is 6.49. The Kier molecular flexibility index (Phi) is 5.18. The number of likely N-dealkylation sites (N-methyl/N-ethyl adjacent to an activating group) is 1. The molecule has 0 aromatic rings. The van der Waals surface area contributed by atoms with Gasteiger partial charge in [0, 0.05) is 20.2 Å². The molecular weight excluding hydrogens is 180 g/mol. The summed E-state index contributed by atoms with van der Waals surface area (Å²) >= 11 is 0. The highest BCUT2D eigenvalue weighted by Crippen LogP contribution is 2.12. The molecule has 0 atom stereocenters. The third-order valence-electron chi connectivity index (χ3n) is 2.19. The maximum Gasteiger partial charge on any atom is 0.254 e. The molecule has 0 aliphatic carbocycles. The van der Waals surface area contributed by atoms with Crippen LogP contribution in [0.15, 0.2) is 0 Å². The molecule has 0 fully saturated rings. The maximum atomic E-state index is 11.8. The van der Waals surface area contributed by atoms with Gasteiger partial charge in [0.25, 0.3) is 5.91 Å². The second kappa shape index (κ2) is 5.61. The highest BCUT2D eigenvalue weighted by molar-refractivity contribution is 5.84. The zero-order valence-electron chi connectivity index (χ0n) is 9.33. The van der Waals surface area contributed by atoms with Crippen LogP contribution >= 0.6 is 0 Å². The van der Waals surface area contributed by atoms with Crippen molar-refractivity contribution < 1.29 is 9.53 Å². The van der Waals surface area contributed by atoms with Crippen molar-refractivity contribution in [3.8, 4) is 6.07 Å². The van der Waals surface area contributed by atoms with E-state index in [0.29, 0.717) is 19.5 Å². The highest BCUT2D eigenvalue weighted by Gasteiger charge is 2.30. The summed E-state index contributed by atoms with van der Waals surface area (Å²) in [5.74, 6) is -0.0715. The molecule has 0 unspecified atom stereocenters. The van der Waals surface area contributed by atoms with Crippen molar-refractivity contribution in [3.63, 3.8) is 0 Å². The van der Waals surface area contributed by atoms with E-state index < -0.39 is 5.60 Å². The Morgan fingerprint density at radius 1 is 1.57 bits per heavy atom. The predicted molar refractivity (Wildman–Crippen MR) is 53.6 cm³/mol. The van der Waals surface area contributed by atoms with Gasteiger partial charge in [-0.2, -0.15) is 5.26 Å². The standard InChI is InChI=1S/C10H18N2O2/c1-5-12(8-6-7-11)9(13)10(2,3)14-4/h5-6,8H2,1-4H3. The Labute approximate surface area is 85.5 Å². The van der Waals surface area contributed by atoms with Crippen molar-refractivity contribution in [3.05, 3.63) is 0 Å². The molecule has 0 radical (unpaired) electrons. The molecule has 4 heteroatoms. The quantitative estimate of drug-likeness (QED) is 0.666. The van der Waals surface area contributed by atoms with Crippen LogP contribution in [0, 0.1) is 11.3 Å². The molecule has 4 nitrogen and oxygen atoms in total. The fraction of sp³-hybridized carbons (Fsp3) is 0.800. The van der Waals surface area contributed by atoms with Crippen LogP contribution in [-0.4, -0.2) is 36.6 Å². The second-order valence-electron chi connectivity index (χ2n) is 3.51. The number of nitriles is 1. The van der Waals surface area contributed by atoms with Gasteiger partial charge in [-0.15, -0.1) is 0 Å². The van der Waals surface area contributed by atoms with Crippen molar-refractivity contribution in [2.24, 2.45) is 0 Å². The van der Waals surface area contributed by atoms with Crippen LogP contribution in [0.2, 0.25) is 0 Å². The van der Waals surface area contributed by atoms with E-state index in [0.717, 1.165) is 0 Å². The monoisotopic (exact) mass is 198 g/mol. The number of nitrogens with zero attached hydrogens (tertiary/aromatic N) is 2. The van der Waals surface area contributed by atoms with Crippen LogP contribution in [0.5, 0.6) is 0 Å². The first kappa shape index (κ1) is 12.9. The number of ether oxygens (including phenoxy) is 1. The highest BCUT2D eigenvalue weighted by atomic mass is 16.5. The third-order valence-corrected chi connectivity index (χ3v) is 2.19. The normalized spacial score (nSPS) is 10.8. The number of hydrogen-bond donors (Lipinski definition) is 0. The van der Waals surface area contributed by atoms with Crippen LogP contribution in [0.1, 0.15) is 27.2 Å². The average molecular weight is 198 g/mol. The van der Waals surface area contributed by atoms with Crippen LogP contribution in [0.4, 0.5) is 0 Å². The fourth-order valence-corrected chi connectivity index (χ4v) is 1.06. The van der Waals surface area contributed by atoms with Crippen molar-refractivity contribution in [2.75, 3.05) is 20.2 Å². The number of methoxy groups -OCH3 is 1. The van der Waals surface area contributed by atoms with Gasteiger partial charge in [-0.05, 0) is 20.8 Å². The van der Waals surface area contributed by atoms with Gasteiger partial charge < -0.3 is 9.64 Å². The number of hydrogen-bond acceptors (Lipinski definition) is 3. The third kappa shape index (κ3) is 3.35. The first-order valence-corrected chi connectivity index (χ1v) is 4.71. The van der Waals surface area contributed by atoms with E-state index >= 15 is 0 Å². The summed E-state index contributed by atoms with van der Waals surface area (Å²) in [5.41, 5.74) is -0.800. The van der Waals surface area contributed by atoms with E-state index in [1.54, 1.807) is 18.7 Å². The topological polar surface area (TPSA) is 53.3 Å². The first-order valence-electron chi connectivity index (χ1n) is 4.71. The molecule has 0 saturated heterocycles. The van der Waals surface area contributed by atoms with Crippen molar-refractivity contribution >= 4 is 5.91 Å². The predicted octanol–water partition coefficient (Wildman–Crippen LogP) is 1.17. The fourth-order valence-electron chi connectivity index (χ4n) is 1.06. The molecule has 0 bridgehead atoms. The number of amides is 1. The van der Waals surface area contributed by atoms with Gasteiger partial charge in [0.05, 0.1) is 12.5 Å². The van der Waals surface area contributed by atoms with E-state index in [2.05, 4.69) is 0 Å². The molecule has 0 aliphatic rings. The molecular formula is C10H18N2O2. The van der Waals surface area contributed by atoms with E-state index in [4.69, 9.17) is 10.00 Å². The second-order valence-corrected chi connectivity index (χ2v) is 3.51. The van der Waals surface area contributed by atoms with Crippen LogP contribution < -0.4 is 0 Å². The molecule has 0 heterocycles. The van der Waals surface area contributed by atoms with Crippen molar-refractivity contribution in [2.45, 2.75) is 32.8 Å². The van der Waals surface area contributed by atoms with Gasteiger partial charge in [-0.1, -0.05) is 0 Å². The van der Waals surface area contributed by atoms with Crippen LogP contribution in [-0.2, 0) is 9.53 Å². The molecule has 80 valence electrons. The van der Waals surface area contributed by atoms with Crippen LogP contribution in [0.3, 0.4) is 0 Å². The zero-order chi connectivity index (χ0) is 11.2. The van der Waals surface area contributed by atoms with Crippen molar-refractivity contribution in [1.82, 2.24) is 4.90 Å².